The highest BCUT2D eigenvalue weighted by Gasteiger charge is 2.12. The number of anilines is 1. The molecule has 0 bridgehead atoms. The normalized spacial score (nSPS) is 10.0. The number of carbonyl (C=O) groups excluding carboxylic acids is 3. The van der Waals surface area contributed by atoms with Crippen molar-refractivity contribution in [2.24, 2.45) is 0 Å². The summed E-state index contributed by atoms with van der Waals surface area (Å²) < 4.78 is 0.616. The quantitative estimate of drug-likeness (QED) is 0.374. The standard InChI is InChI=1S/C19H18BrClN4O3S/c1-11-14(21)7-4-8-15(11)22-16(26)9-10-17(27)24-25-19(29)23-18(28)12-5-2-3-6-13(12)20/h2-8H,9-10H2,1H3,(H,22,26)(H,24,27)(H2,23,25,28,29). The summed E-state index contributed by atoms with van der Waals surface area (Å²) in [4.78, 5) is 36.0. The lowest BCUT2D eigenvalue weighted by molar-refractivity contribution is -0.124. The Morgan fingerprint density at radius 1 is 1.00 bits per heavy atom. The maximum Gasteiger partial charge on any atom is 0.258 e. The van der Waals surface area contributed by atoms with Gasteiger partial charge in [-0.25, -0.2) is 0 Å². The lowest BCUT2D eigenvalue weighted by atomic mass is 10.2. The molecule has 0 atom stereocenters. The van der Waals surface area contributed by atoms with Crippen molar-refractivity contribution in [3.05, 3.63) is 63.1 Å². The average Bonchev–Trinajstić information content (AvgIpc) is 2.68. The number of hydrazine groups is 1. The van der Waals surface area contributed by atoms with Crippen LogP contribution in [0.15, 0.2) is 46.9 Å². The van der Waals surface area contributed by atoms with Gasteiger partial charge in [0.05, 0.1) is 5.56 Å². The molecular formula is C19H18BrClN4O3S. The van der Waals surface area contributed by atoms with Crippen LogP contribution in [0.25, 0.3) is 0 Å². The van der Waals surface area contributed by atoms with Gasteiger partial charge >= 0.3 is 0 Å². The summed E-state index contributed by atoms with van der Waals surface area (Å²) in [6, 6.07) is 12.0. The SMILES string of the molecule is Cc1c(Cl)cccc1NC(=O)CCC(=O)NNC(=S)NC(=O)c1ccccc1Br. The molecule has 2 aromatic carbocycles. The molecule has 0 saturated heterocycles. The molecule has 0 saturated carbocycles. The molecule has 3 amide bonds. The maximum atomic E-state index is 12.1. The van der Waals surface area contributed by atoms with Crippen molar-refractivity contribution < 1.29 is 14.4 Å². The first-order chi connectivity index (χ1) is 13.8. The van der Waals surface area contributed by atoms with Crippen LogP contribution in [0.5, 0.6) is 0 Å². The van der Waals surface area contributed by atoms with Gasteiger partial charge in [0.1, 0.15) is 0 Å². The predicted octanol–water partition coefficient (Wildman–Crippen LogP) is 3.47. The van der Waals surface area contributed by atoms with Crippen LogP contribution in [0.3, 0.4) is 0 Å². The van der Waals surface area contributed by atoms with Crippen LogP contribution in [-0.4, -0.2) is 22.8 Å². The molecule has 0 aromatic heterocycles. The van der Waals surface area contributed by atoms with Gasteiger partial charge in [0, 0.05) is 28.0 Å². The van der Waals surface area contributed by atoms with Crippen LogP contribution in [0.4, 0.5) is 5.69 Å². The third-order valence-electron chi connectivity index (χ3n) is 3.78. The molecule has 0 radical (unpaired) electrons. The third-order valence-corrected chi connectivity index (χ3v) is 5.09. The zero-order chi connectivity index (χ0) is 21.4. The topological polar surface area (TPSA) is 99.3 Å². The second-order valence-electron chi connectivity index (χ2n) is 5.90. The van der Waals surface area contributed by atoms with E-state index in [0.29, 0.717) is 20.7 Å². The lowest BCUT2D eigenvalue weighted by Gasteiger charge is -2.12. The molecule has 0 fully saturated rings. The Balaban J connectivity index is 1.73. The first-order valence-corrected chi connectivity index (χ1v) is 10.1. The van der Waals surface area contributed by atoms with Crippen molar-refractivity contribution in [1.82, 2.24) is 16.2 Å². The Labute approximate surface area is 186 Å². The molecule has 2 rings (SSSR count). The zero-order valence-electron chi connectivity index (χ0n) is 15.3. The first kappa shape index (κ1) is 22.8. The smallest absolute Gasteiger partial charge is 0.258 e. The summed E-state index contributed by atoms with van der Waals surface area (Å²) >= 11 is 14.3. The Bertz CT molecular complexity index is 955. The summed E-state index contributed by atoms with van der Waals surface area (Å²) in [5, 5.41) is 5.63. The van der Waals surface area contributed by atoms with Crippen LogP contribution in [-0.2, 0) is 9.59 Å². The molecule has 0 aliphatic carbocycles. The van der Waals surface area contributed by atoms with Crippen molar-refractivity contribution in [3.8, 4) is 0 Å². The highest BCUT2D eigenvalue weighted by molar-refractivity contribution is 9.10. The van der Waals surface area contributed by atoms with E-state index in [1.807, 2.05) is 0 Å². The van der Waals surface area contributed by atoms with Gasteiger partial charge in [0.25, 0.3) is 5.91 Å². The Kier molecular flexibility index (Phi) is 8.56. The Hall–Kier alpha value is -2.49. The summed E-state index contributed by atoms with van der Waals surface area (Å²) in [5.74, 6) is -1.21. The Morgan fingerprint density at radius 3 is 2.41 bits per heavy atom. The van der Waals surface area contributed by atoms with Gasteiger partial charge in [0.15, 0.2) is 5.11 Å². The number of hydrogen-bond acceptors (Lipinski definition) is 4. The number of thiocarbonyl (C=S) groups is 1. The van der Waals surface area contributed by atoms with E-state index in [0.717, 1.165) is 5.56 Å². The van der Waals surface area contributed by atoms with Gasteiger partial charge in [-0.2, -0.15) is 0 Å². The van der Waals surface area contributed by atoms with E-state index in [-0.39, 0.29) is 23.9 Å². The largest absolute Gasteiger partial charge is 0.326 e. The van der Waals surface area contributed by atoms with Crippen molar-refractivity contribution in [3.63, 3.8) is 0 Å². The first-order valence-electron chi connectivity index (χ1n) is 8.47. The lowest BCUT2D eigenvalue weighted by Crippen LogP contribution is -2.48. The maximum absolute atomic E-state index is 12.1. The molecule has 0 spiro atoms. The molecule has 0 aliphatic heterocycles. The number of rotatable bonds is 5. The number of benzene rings is 2. The van der Waals surface area contributed by atoms with Gasteiger partial charge in [-0.05, 0) is 64.9 Å². The van der Waals surface area contributed by atoms with Gasteiger partial charge < -0.3 is 5.32 Å². The molecule has 0 unspecified atom stereocenters. The summed E-state index contributed by atoms with van der Waals surface area (Å²) in [6.07, 6.45) is -0.102. The molecule has 10 heteroatoms. The Morgan fingerprint density at radius 2 is 1.69 bits per heavy atom. The average molecular weight is 498 g/mol. The number of amides is 3. The highest BCUT2D eigenvalue weighted by Crippen LogP contribution is 2.23. The van der Waals surface area contributed by atoms with E-state index < -0.39 is 11.8 Å². The van der Waals surface area contributed by atoms with Crippen molar-refractivity contribution >= 4 is 68.3 Å². The minimum absolute atomic E-state index is 0.0322. The minimum atomic E-state index is -0.458. The molecule has 29 heavy (non-hydrogen) atoms. The minimum Gasteiger partial charge on any atom is -0.326 e. The molecule has 4 N–H and O–H groups in total. The van der Waals surface area contributed by atoms with Gasteiger partial charge in [-0.1, -0.05) is 29.8 Å². The monoisotopic (exact) mass is 496 g/mol. The zero-order valence-corrected chi connectivity index (χ0v) is 18.5. The summed E-state index contributed by atoms with van der Waals surface area (Å²) in [5.41, 5.74) is 6.51. The number of nitrogens with one attached hydrogen (secondary N) is 4. The van der Waals surface area contributed by atoms with Crippen LogP contribution in [0, 0.1) is 6.92 Å². The van der Waals surface area contributed by atoms with Crippen LogP contribution < -0.4 is 21.5 Å². The second-order valence-corrected chi connectivity index (χ2v) is 7.57. The molecule has 0 aliphatic rings. The second kappa shape index (κ2) is 10.9. The van der Waals surface area contributed by atoms with Crippen LogP contribution in [0.1, 0.15) is 28.8 Å². The van der Waals surface area contributed by atoms with Gasteiger partial charge in [-0.3, -0.25) is 30.6 Å². The number of halogens is 2. The van der Waals surface area contributed by atoms with Gasteiger partial charge in [0.2, 0.25) is 11.8 Å². The fourth-order valence-electron chi connectivity index (χ4n) is 2.22. The molecule has 0 heterocycles. The van der Waals surface area contributed by atoms with Crippen molar-refractivity contribution in [1.29, 1.82) is 0 Å². The summed E-state index contributed by atoms with van der Waals surface area (Å²) in [7, 11) is 0. The molecule has 2 aromatic rings. The number of carbonyl (C=O) groups is 3. The summed E-state index contributed by atoms with van der Waals surface area (Å²) in [6.45, 7) is 1.79. The van der Waals surface area contributed by atoms with E-state index >= 15 is 0 Å². The third kappa shape index (κ3) is 7.12. The van der Waals surface area contributed by atoms with Crippen LogP contribution >= 0.6 is 39.7 Å². The van der Waals surface area contributed by atoms with Gasteiger partial charge in [-0.15, -0.1) is 0 Å². The van der Waals surface area contributed by atoms with E-state index in [2.05, 4.69) is 37.4 Å². The van der Waals surface area contributed by atoms with Crippen molar-refractivity contribution in [2.75, 3.05) is 5.32 Å². The highest BCUT2D eigenvalue weighted by atomic mass is 79.9. The van der Waals surface area contributed by atoms with E-state index in [1.165, 1.54) is 0 Å². The predicted molar refractivity (Wildman–Crippen MR) is 120 cm³/mol. The van der Waals surface area contributed by atoms with E-state index in [1.54, 1.807) is 49.4 Å². The molecule has 152 valence electrons. The van der Waals surface area contributed by atoms with Crippen LogP contribution in [0.2, 0.25) is 5.02 Å². The molecule has 7 nitrogen and oxygen atoms in total. The van der Waals surface area contributed by atoms with E-state index in [9.17, 15) is 14.4 Å². The van der Waals surface area contributed by atoms with Crippen molar-refractivity contribution in [2.45, 2.75) is 19.8 Å². The number of hydrogen-bond donors (Lipinski definition) is 4. The molecular weight excluding hydrogens is 480 g/mol. The fourth-order valence-corrected chi connectivity index (χ4v) is 3.00. The fraction of sp³-hybridized carbons (Fsp3) is 0.158. The van der Waals surface area contributed by atoms with E-state index in [4.69, 9.17) is 23.8 Å².